The highest BCUT2D eigenvalue weighted by Crippen LogP contribution is 2.23. The third-order valence-corrected chi connectivity index (χ3v) is 3.64. The fraction of sp³-hybridized carbons (Fsp3) is 0.538. The van der Waals surface area contributed by atoms with Crippen LogP contribution in [0.2, 0.25) is 0 Å². The summed E-state index contributed by atoms with van der Waals surface area (Å²) in [5.74, 6) is -0.216. The first-order valence-corrected chi connectivity index (χ1v) is 6.67. The van der Waals surface area contributed by atoms with Crippen molar-refractivity contribution in [1.29, 1.82) is 0 Å². The van der Waals surface area contributed by atoms with Crippen molar-refractivity contribution in [2.45, 2.75) is 32.0 Å². The SMILES string of the molecule is CC1(OCc2ccc(Br)cc2F)CCCNC1. The molecule has 1 aromatic carbocycles. The van der Waals surface area contributed by atoms with Crippen LogP contribution in [0.5, 0.6) is 0 Å². The third kappa shape index (κ3) is 3.50. The average molecular weight is 302 g/mol. The lowest BCUT2D eigenvalue weighted by molar-refractivity contribution is -0.0580. The second-order valence-corrected chi connectivity index (χ2v) is 5.67. The molecule has 0 radical (unpaired) electrons. The molecular formula is C13H17BrFNO. The number of nitrogens with one attached hydrogen (secondary N) is 1. The molecule has 1 unspecified atom stereocenters. The van der Waals surface area contributed by atoms with E-state index < -0.39 is 0 Å². The highest BCUT2D eigenvalue weighted by molar-refractivity contribution is 9.10. The molecular weight excluding hydrogens is 285 g/mol. The minimum Gasteiger partial charge on any atom is -0.369 e. The smallest absolute Gasteiger partial charge is 0.129 e. The van der Waals surface area contributed by atoms with E-state index in [1.807, 2.05) is 6.07 Å². The van der Waals surface area contributed by atoms with E-state index in [-0.39, 0.29) is 11.4 Å². The van der Waals surface area contributed by atoms with Crippen molar-refractivity contribution in [3.63, 3.8) is 0 Å². The number of hydrogen-bond acceptors (Lipinski definition) is 2. The quantitative estimate of drug-likeness (QED) is 0.925. The maximum Gasteiger partial charge on any atom is 0.129 e. The molecule has 1 N–H and O–H groups in total. The fourth-order valence-corrected chi connectivity index (χ4v) is 2.38. The second kappa shape index (κ2) is 5.46. The van der Waals surface area contributed by atoms with Gasteiger partial charge in [-0.1, -0.05) is 22.0 Å². The number of piperidine rings is 1. The van der Waals surface area contributed by atoms with Gasteiger partial charge in [0, 0.05) is 16.6 Å². The molecule has 17 heavy (non-hydrogen) atoms. The van der Waals surface area contributed by atoms with E-state index in [0.717, 1.165) is 30.4 Å². The van der Waals surface area contributed by atoms with E-state index in [2.05, 4.69) is 28.2 Å². The first-order chi connectivity index (χ1) is 8.09. The van der Waals surface area contributed by atoms with Crippen molar-refractivity contribution in [1.82, 2.24) is 5.32 Å². The summed E-state index contributed by atoms with van der Waals surface area (Å²) in [5, 5.41) is 3.31. The Balaban J connectivity index is 1.97. The highest BCUT2D eigenvalue weighted by atomic mass is 79.9. The van der Waals surface area contributed by atoms with Crippen molar-refractivity contribution in [3.8, 4) is 0 Å². The molecule has 1 atom stereocenters. The van der Waals surface area contributed by atoms with Crippen LogP contribution in [0.3, 0.4) is 0 Å². The van der Waals surface area contributed by atoms with E-state index in [1.165, 1.54) is 6.07 Å². The van der Waals surface area contributed by atoms with Gasteiger partial charge in [-0.25, -0.2) is 4.39 Å². The van der Waals surface area contributed by atoms with Gasteiger partial charge in [-0.2, -0.15) is 0 Å². The zero-order chi connectivity index (χ0) is 12.3. The van der Waals surface area contributed by atoms with Gasteiger partial charge in [0.2, 0.25) is 0 Å². The van der Waals surface area contributed by atoms with E-state index in [0.29, 0.717) is 12.2 Å². The Hall–Kier alpha value is -0.450. The maximum atomic E-state index is 13.6. The van der Waals surface area contributed by atoms with Crippen LogP contribution < -0.4 is 5.32 Å². The molecule has 0 amide bonds. The maximum absolute atomic E-state index is 13.6. The monoisotopic (exact) mass is 301 g/mol. The molecule has 0 bridgehead atoms. The first-order valence-electron chi connectivity index (χ1n) is 5.88. The number of rotatable bonds is 3. The van der Waals surface area contributed by atoms with Crippen molar-refractivity contribution in [2.75, 3.05) is 13.1 Å². The van der Waals surface area contributed by atoms with Crippen molar-refractivity contribution in [2.24, 2.45) is 0 Å². The first kappa shape index (κ1) is 13.0. The van der Waals surface area contributed by atoms with Crippen LogP contribution in [0.1, 0.15) is 25.3 Å². The standard InChI is InChI=1S/C13H17BrFNO/c1-13(5-2-6-16-9-13)17-8-10-3-4-11(14)7-12(10)15/h3-4,7,16H,2,5-6,8-9H2,1H3. The van der Waals surface area contributed by atoms with Gasteiger partial charge >= 0.3 is 0 Å². The lowest BCUT2D eigenvalue weighted by atomic mass is 9.96. The molecule has 2 rings (SSSR count). The zero-order valence-electron chi connectivity index (χ0n) is 9.93. The van der Waals surface area contributed by atoms with E-state index >= 15 is 0 Å². The van der Waals surface area contributed by atoms with Gasteiger partial charge in [0.05, 0.1) is 12.2 Å². The Bertz CT molecular complexity index is 391. The van der Waals surface area contributed by atoms with Crippen LogP contribution in [-0.2, 0) is 11.3 Å². The minimum atomic E-state index is -0.216. The lowest BCUT2D eigenvalue weighted by Gasteiger charge is -2.34. The Labute approximate surface area is 110 Å². The molecule has 1 fully saturated rings. The van der Waals surface area contributed by atoms with E-state index in [1.54, 1.807) is 6.07 Å². The molecule has 1 saturated heterocycles. The average Bonchev–Trinajstić information content (AvgIpc) is 2.29. The topological polar surface area (TPSA) is 21.3 Å². The molecule has 2 nitrogen and oxygen atoms in total. The molecule has 0 saturated carbocycles. The summed E-state index contributed by atoms with van der Waals surface area (Å²) < 4.78 is 20.2. The third-order valence-electron chi connectivity index (χ3n) is 3.15. The Kier molecular flexibility index (Phi) is 4.17. The van der Waals surface area contributed by atoms with E-state index in [9.17, 15) is 4.39 Å². The fourth-order valence-electron chi connectivity index (χ4n) is 2.04. The Morgan fingerprint density at radius 2 is 2.35 bits per heavy atom. The largest absolute Gasteiger partial charge is 0.369 e. The summed E-state index contributed by atoms with van der Waals surface area (Å²) in [7, 11) is 0. The van der Waals surface area contributed by atoms with Gasteiger partial charge in [0.25, 0.3) is 0 Å². The number of ether oxygens (including phenoxy) is 1. The predicted molar refractivity (Wildman–Crippen MR) is 69.4 cm³/mol. The normalized spacial score (nSPS) is 24.9. The van der Waals surface area contributed by atoms with Crippen LogP contribution in [-0.4, -0.2) is 18.7 Å². The summed E-state index contributed by atoms with van der Waals surface area (Å²) in [6.45, 7) is 4.30. The predicted octanol–water partition coefficient (Wildman–Crippen LogP) is 3.25. The summed E-state index contributed by atoms with van der Waals surface area (Å²) in [6, 6.07) is 5.07. The summed E-state index contributed by atoms with van der Waals surface area (Å²) >= 11 is 3.24. The van der Waals surface area contributed by atoms with Crippen molar-refractivity contribution >= 4 is 15.9 Å². The van der Waals surface area contributed by atoms with Gasteiger partial charge < -0.3 is 10.1 Å². The van der Waals surface area contributed by atoms with Gasteiger partial charge in [0.1, 0.15) is 5.82 Å². The van der Waals surface area contributed by atoms with Crippen LogP contribution in [0.15, 0.2) is 22.7 Å². The van der Waals surface area contributed by atoms with Crippen LogP contribution in [0, 0.1) is 5.82 Å². The van der Waals surface area contributed by atoms with Gasteiger partial charge in [-0.05, 0) is 38.4 Å². The number of hydrogen-bond donors (Lipinski definition) is 1. The molecule has 1 heterocycles. The van der Waals surface area contributed by atoms with Crippen molar-refractivity contribution < 1.29 is 9.13 Å². The van der Waals surface area contributed by atoms with Crippen LogP contribution in [0.25, 0.3) is 0 Å². The summed E-state index contributed by atoms with van der Waals surface area (Å²) in [4.78, 5) is 0. The number of benzene rings is 1. The molecule has 1 aliphatic rings. The molecule has 1 aromatic rings. The molecule has 0 spiro atoms. The summed E-state index contributed by atoms with van der Waals surface area (Å²) in [5.41, 5.74) is 0.442. The minimum absolute atomic E-state index is 0.169. The van der Waals surface area contributed by atoms with Crippen LogP contribution in [0.4, 0.5) is 4.39 Å². The Morgan fingerprint density at radius 1 is 1.53 bits per heavy atom. The van der Waals surface area contributed by atoms with Crippen molar-refractivity contribution in [3.05, 3.63) is 34.1 Å². The lowest BCUT2D eigenvalue weighted by Crippen LogP contribution is -2.45. The van der Waals surface area contributed by atoms with Gasteiger partial charge in [-0.15, -0.1) is 0 Å². The molecule has 4 heteroatoms. The van der Waals surface area contributed by atoms with E-state index in [4.69, 9.17) is 4.74 Å². The second-order valence-electron chi connectivity index (χ2n) is 4.75. The molecule has 94 valence electrons. The molecule has 0 aromatic heterocycles. The van der Waals surface area contributed by atoms with Crippen LogP contribution >= 0.6 is 15.9 Å². The zero-order valence-corrected chi connectivity index (χ0v) is 11.5. The summed E-state index contributed by atoms with van der Waals surface area (Å²) in [6.07, 6.45) is 2.14. The highest BCUT2D eigenvalue weighted by Gasteiger charge is 2.27. The van der Waals surface area contributed by atoms with Gasteiger partial charge in [-0.3, -0.25) is 0 Å². The molecule has 1 aliphatic heterocycles. The Morgan fingerprint density at radius 3 is 3.00 bits per heavy atom. The number of halogens is 2. The van der Waals surface area contributed by atoms with Gasteiger partial charge in [0.15, 0.2) is 0 Å². The molecule has 0 aliphatic carbocycles.